The number of fused-ring (bicyclic) bond motifs is 10. The molecular formula is C54H56N4O6. The van der Waals surface area contributed by atoms with Crippen LogP contribution in [-0.2, 0) is 0 Å². The molecule has 7 unspecified atom stereocenters. The maximum atomic E-state index is 15.1. The van der Waals surface area contributed by atoms with Crippen LogP contribution in [0.1, 0.15) is 108 Å². The van der Waals surface area contributed by atoms with Gasteiger partial charge in [0.25, 0.3) is 0 Å². The van der Waals surface area contributed by atoms with Crippen LogP contribution in [0, 0.1) is 23.7 Å². The molecule has 4 aromatic carbocycles. The molecule has 64 heavy (non-hydrogen) atoms. The largest absolute Gasteiger partial charge is 0.497 e. The molecule has 6 saturated heterocycles. The molecule has 0 N–H and O–H groups in total. The molecule has 0 amide bonds. The molecule has 8 heterocycles. The van der Waals surface area contributed by atoms with Crippen molar-refractivity contribution in [2.24, 2.45) is 23.7 Å². The molecule has 328 valence electrons. The van der Waals surface area contributed by atoms with Gasteiger partial charge in [0.1, 0.15) is 35.2 Å². The van der Waals surface area contributed by atoms with Gasteiger partial charge in [0.2, 0.25) is 0 Å². The number of piperidine rings is 6. The summed E-state index contributed by atoms with van der Waals surface area (Å²) in [6.45, 7) is 8.58. The number of aromatic nitrogens is 2. The van der Waals surface area contributed by atoms with Crippen molar-refractivity contribution in [1.29, 1.82) is 0 Å². The van der Waals surface area contributed by atoms with Gasteiger partial charge in [0.05, 0.1) is 48.5 Å². The first-order valence-electron chi connectivity index (χ1n) is 23.4. The van der Waals surface area contributed by atoms with Gasteiger partial charge in [0.15, 0.2) is 11.6 Å². The number of hydrogen-bond donors (Lipinski definition) is 0. The van der Waals surface area contributed by atoms with Gasteiger partial charge < -0.3 is 18.9 Å². The van der Waals surface area contributed by atoms with Crippen LogP contribution in [0.15, 0.2) is 97.3 Å². The van der Waals surface area contributed by atoms with Gasteiger partial charge in [-0.1, -0.05) is 51.0 Å². The zero-order valence-corrected chi connectivity index (χ0v) is 37.2. The summed E-state index contributed by atoms with van der Waals surface area (Å²) in [4.78, 5) is 45.0. The van der Waals surface area contributed by atoms with Crippen molar-refractivity contribution in [2.45, 2.75) is 76.7 Å². The lowest BCUT2D eigenvalue weighted by Gasteiger charge is -2.52. The van der Waals surface area contributed by atoms with E-state index in [0.29, 0.717) is 46.3 Å². The van der Waals surface area contributed by atoms with Gasteiger partial charge in [-0.2, -0.15) is 0 Å². The van der Waals surface area contributed by atoms with E-state index in [0.717, 1.165) is 109 Å². The topological polar surface area (TPSA) is 103 Å². The number of hydrogen-bond acceptors (Lipinski definition) is 10. The first-order chi connectivity index (χ1) is 31.3. The zero-order valence-electron chi connectivity index (χ0n) is 37.2. The number of carbonyl (C=O) groups excluding carboxylic acids is 2. The summed E-state index contributed by atoms with van der Waals surface area (Å²) in [7, 11) is 3.35. The molecule has 0 saturated carbocycles. The fourth-order valence-corrected chi connectivity index (χ4v) is 12.3. The number of methoxy groups -OCH3 is 2. The minimum atomic E-state index is -0.475. The lowest BCUT2D eigenvalue weighted by molar-refractivity contribution is -0.0493. The SMILES string of the molecule is CCC1CN2CCC1C[C@H]2[C@@H](Oc1ccc(OC(c2ccnc3ccc(OC)cc23)C2C[C@H]3CCN2CC3CC)c2c1C(=O)c1ccccc1C2=O)c1ccnc2ccc(OC)cc12. The molecule has 6 fully saturated rings. The maximum absolute atomic E-state index is 15.1. The summed E-state index contributed by atoms with van der Waals surface area (Å²) in [5.41, 5.74) is 4.87. The maximum Gasteiger partial charge on any atom is 0.198 e. The molecule has 0 spiro atoms. The molecule has 0 radical (unpaired) electrons. The highest BCUT2D eigenvalue weighted by Gasteiger charge is 2.47. The predicted molar refractivity (Wildman–Crippen MR) is 247 cm³/mol. The summed E-state index contributed by atoms with van der Waals surface area (Å²) >= 11 is 0. The minimum absolute atomic E-state index is 0.0377. The van der Waals surface area contributed by atoms with E-state index in [9.17, 15) is 0 Å². The highest BCUT2D eigenvalue weighted by Crippen LogP contribution is 2.49. The normalized spacial score (nSPS) is 26.6. The molecule has 10 heteroatoms. The summed E-state index contributed by atoms with van der Waals surface area (Å²) < 4.78 is 26.3. The Kier molecular flexibility index (Phi) is 10.6. The number of ether oxygens (including phenoxy) is 4. The van der Waals surface area contributed by atoms with Crippen LogP contribution < -0.4 is 18.9 Å². The summed E-state index contributed by atoms with van der Waals surface area (Å²) in [5, 5.41) is 1.88. The van der Waals surface area contributed by atoms with Crippen LogP contribution in [0.2, 0.25) is 0 Å². The third-order valence-electron chi connectivity index (χ3n) is 15.7. The molecule has 6 aromatic rings. The van der Waals surface area contributed by atoms with Crippen molar-refractivity contribution in [3.05, 3.63) is 131 Å². The van der Waals surface area contributed by atoms with Gasteiger partial charge in [-0.15, -0.1) is 0 Å². The van der Waals surface area contributed by atoms with Gasteiger partial charge >= 0.3 is 0 Å². The van der Waals surface area contributed by atoms with Crippen molar-refractivity contribution in [3.8, 4) is 23.0 Å². The Morgan fingerprint density at radius 2 is 1.06 bits per heavy atom. The summed E-state index contributed by atoms with van der Waals surface area (Å²) in [6.07, 6.45) is 9.30. The van der Waals surface area contributed by atoms with E-state index < -0.39 is 12.2 Å². The number of pyridine rings is 2. The molecule has 2 aromatic heterocycles. The van der Waals surface area contributed by atoms with Crippen LogP contribution in [0.25, 0.3) is 21.8 Å². The Morgan fingerprint density at radius 1 is 0.609 bits per heavy atom. The van der Waals surface area contributed by atoms with Crippen LogP contribution in [0.5, 0.6) is 23.0 Å². The van der Waals surface area contributed by atoms with Crippen LogP contribution in [0.3, 0.4) is 0 Å². The first-order valence-corrected chi connectivity index (χ1v) is 23.4. The molecule has 1 aliphatic carbocycles. The molecule has 10 nitrogen and oxygen atoms in total. The van der Waals surface area contributed by atoms with Crippen molar-refractivity contribution >= 4 is 33.4 Å². The van der Waals surface area contributed by atoms with E-state index in [1.807, 2.05) is 85.2 Å². The molecule has 4 bridgehead atoms. The second kappa shape index (κ2) is 16.6. The third-order valence-corrected chi connectivity index (χ3v) is 15.7. The summed E-state index contributed by atoms with van der Waals surface area (Å²) in [5.74, 6) is 4.15. The van der Waals surface area contributed by atoms with E-state index >= 15 is 9.59 Å². The average Bonchev–Trinajstić information content (AvgIpc) is 3.36. The molecule has 7 aliphatic rings. The number of carbonyl (C=O) groups is 2. The minimum Gasteiger partial charge on any atom is -0.497 e. The molecular weight excluding hydrogens is 801 g/mol. The van der Waals surface area contributed by atoms with Crippen molar-refractivity contribution < 1.29 is 28.5 Å². The lowest BCUT2D eigenvalue weighted by atomic mass is 9.72. The average molecular weight is 857 g/mol. The number of rotatable bonds is 12. The van der Waals surface area contributed by atoms with E-state index in [-0.39, 0.29) is 34.8 Å². The van der Waals surface area contributed by atoms with Crippen LogP contribution in [-0.4, -0.2) is 83.8 Å². The first kappa shape index (κ1) is 40.9. The van der Waals surface area contributed by atoms with Crippen LogP contribution in [0.4, 0.5) is 0 Å². The Hall–Kier alpha value is -5.84. The van der Waals surface area contributed by atoms with E-state index in [1.165, 1.54) is 0 Å². The second-order valence-electron chi connectivity index (χ2n) is 18.7. The Balaban J connectivity index is 1.07. The second-order valence-corrected chi connectivity index (χ2v) is 18.7. The summed E-state index contributed by atoms with van der Waals surface area (Å²) in [6, 6.07) is 27.0. The number of nitrogens with zero attached hydrogens (tertiary/aromatic N) is 4. The van der Waals surface area contributed by atoms with Gasteiger partial charge in [-0.25, -0.2) is 0 Å². The van der Waals surface area contributed by atoms with Gasteiger partial charge in [-0.05, 0) is 123 Å². The smallest absolute Gasteiger partial charge is 0.198 e. The van der Waals surface area contributed by atoms with Crippen LogP contribution >= 0.6 is 0 Å². The van der Waals surface area contributed by atoms with Gasteiger partial charge in [-0.3, -0.25) is 29.4 Å². The standard InChI is InChI=1S/C54H56N4O6/c1-5-31-29-57-23-19-33(31)25-45(57)53(39-17-21-55-43-13-11-35(61-3)27-41(39)43)63-47-15-16-48(50-49(47)51(59)37-9-7-8-10-38(37)52(50)60)64-54(46-26-34-20-24-58(46)30-32(34)6-2)40-18-22-56-44-14-12-36(62-4)28-42(40)44/h7-18,21-22,27-28,31-34,45-46,53-54H,5-6,19-20,23-26,29-30H2,1-4H3/t31?,32?,33-,34?,45?,46+,53?,54+/m1/s1. The number of ketones is 2. The Labute approximate surface area is 374 Å². The molecule has 13 rings (SSSR count). The Morgan fingerprint density at radius 3 is 1.45 bits per heavy atom. The zero-order chi connectivity index (χ0) is 43.6. The van der Waals surface area contributed by atoms with Crippen molar-refractivity contribution in [1.82, 2.24) is 19.8 Å². The highest BCUT2D eigenvalue weighted by atomic mass is 16.5. The van der Waals surface area contributed by atoms with Crippen molar-refractivity contribution in [2.75, 3.05) is 40.4 Å². The van der Waals surface area contributed by atoms with E-state index in [2.05, 4.69) is 23.6 Å². The number of benzene rings is 4. The third kappa shape index (κ3) is 6.83. The van der Waals surface area contributed by atoms with Gasteiger partial charge in [0, 0.05) is 58.5 Å². The predicted octanol–water partition coefficient (Wildman–Crippen LogP) is 10.1. The van der Waals surface area contributed by atoms with Crippen molar-refractivity contribution in [3.63, 3.8) is 0 Å². The fourth-order valence-electron chi connectivity index (χ4n) is 12.3. The highest BCUT2D eigenvalue weighted by molar-refractivity contribution is 6.30. The quantitative estimate of drug-likeness (QED) is 0.118. The molecule has 6 aliphatic heterocycles. The Bertz CT molecular complexity index is 2600. The molecule has 10 atom stereocenters. The lowest BCUT2D eigenvalue weighted by Crippen LogP contribution is -2.56. The fraction of sp³-hybridized carbons (Fsp3) is 0.407. The van der Waals surface area contributed by atoms with E-state index in [1.54, 1.807) is 26.4 Å². The monoisotopic (exact) mass is 856 g/mol. The van der Waals surface area contributed by atoms with E-state index in [4.69, 9.17) is 28.9 Å².